The number of halogens is 1. The highest BCUT2D eigenvalue weighted by molar-refractivity contribution is 6.30. The van der Waals surface area contributed by atoms with Crippen LogP contribution >= 0.6 is 11.6 Å². The summed E-state index contributed by atoms with van der Waals surface area (Å²) in [7, 11) is 1.63. The Morgan fingerprint density at radius 2 is 1.86 bits per heavy atom. The van der Waals surface area contributed by atoms with Crippen LogP contribution in [-0.4, -0.2) is 13.7 Å². The van der Waals surface area contributed by atoms with E-state index in [9.17, 15) is 5.26 Å². The molecule has 1 unspecified atom stereocenters. The molecule has 0 aliphatic carbocycles. The van der Waals surface area contributed by atoms with Gasteiger partial charge in [0, 0.05) is 11.1 Å². The molecule has 0 aliphatic heterocycles. The largest absolute Gasteiger partial charge is 0.497 e. The van der Waals surface area contributed by atoms with Gasteiger partial charge in [-0.25, -0.2) is 0 Å². The van der Waals surface area contributed by atoms with Crippen molar-refractivity contribution in [1.29, 1.82) is 5.26 Å². The lowest BCUT2D eigenvalue weighted by Gasteiger charge is -2.11. The zero-order valence-corrected chi connectivity index (χ0v) is 13.2. The average Bonchev–Trinajstić information content (AvgIpc) is 2.56. The Balaban J connectivity index is 1.81. The van der Waals surface area contributed by atoms with Crippen molar-refractivity contribution in [2.24, 2.45) is 0 Å². The maximum absolute atomic E-state index is 9.29. The van der Waals surface area contributed by atoms with Crippen LogP contribution in [0, 0.1) is 11.3 Å². The molecule has 0 fully saturated rings. The second-order valence-corrected chi connectivity index (χ2v) is 5.34. The molecular weight excluding hydrogens is 298 g/mol. The van der Waals surface area contributed by atoms with Crippen molar-refractivity contribution in [1.82, 2.24) is 0 Å². The van der Waals surface area contributed by atoms with E-state index in [1.807, 2.05) is 48.5 Å². The summed E-state index contributed by atoms with van der Waals surface area (Å²) in [4.78, 5) is 0. The molecule has 0 radical (unpaired) electrons. The van der Waals surface area contributed by atoms with Gasteiger partial charge in [-0.3, -0.25) is 0 Å². The first kappa shape index (κ1) is 16.2. The van der Waals surface area contributed by atoms with Gasteiger partial charge in [0.25, 0.3) is 0 Å². The molecule has 1 atom stereocenters. The summed E-state index contributed by atoms with van der Waals surface area (Å²) < 4.78 is 10.8. The first-order valence-corrected chi connectivity index (χ1v) is 7.52. The Hall–Kier alpha value is -2.18. The van der Waals surface area contributed by atoms with Crippen LogP contribution in [0.15, 0.2) is 48.5 Å². The Labute approximate surface area is 136 Å². The predicted molar refractivity (Wildman–Crippen MR) is 87.5 cm³/mol. The maximum Gasteiger partial charge on any atom is 0.122 e. The molecule has 3 nitrogen and oxygen atoms in total. The molecule has 2 aromatic rings. The van der Waals surface area contributed by atoms with E-state index in [4.69, 9.17) is 21.1 Å². The van der Waals surface area contributed by atoms with E-state index in [0.29, 0.717) is 11.6 Å². The van der Waals surface area contributed by atoms with Gasteiger partial charge in [0.15, 0.2) is 0 Å². The molecule has 0 saturated heterocycles. The summed E-state index contributed by atoms with van der Waals surface area (Å²) >= 11 is 5.87. The summed E-state index contributed by atoms with van der Waals surface area (Å²) in [6.07, 6.45) is 1.56. The molecule has 0 amide bonds. The minimum absolute atomic E-state index is 0.133. The van der Waals surface area contributed by atoms with E-state index < -0.39 is 0 Å². The lowest BCUT2D eigenvalue weighted by molar-refractivity contribution is 0.302. The zero-order chi connectivity index (χ0) is 15.8. The van der Waals surface area contributed by atoms with Crippen molar-refractivity contribution < 1.29 is 9.47 Å². The lowest BCUT2D eigenvalue weighted by atomic mass is 9.96. The predicted octanol–water partition coefficient (Wildman–Crippen LogP) is 4.81. The monoisotopic (exact) mass is 315 g/mol. The fraction of sp³-hybridized carbons (Fsp3) is 0.278. The van der Waals surface area contributed by atoms with Crippen LogP contribution in [0.1, 0.15) is 24.3 Å². The molecule has 0 spiro atoms. The second-order valence-electron chi connectivity index (χ2n) is 4.90. The summed E-state index contributed by atoms with van der Waals surface area (Å²) in [6, 6.07) is 17.3. The van der Waals surface area contributed by atoms with Crippen molar-refractivity contribution in [2.75, 3.05) is 13.7 Å². The van der Waals surface area contributed by atoms with Crippen molar-refractivity contribution in [3.63, 3.8) is 0 Å². The molecule has 2 rings (SSSR count). The first-order chi connectivity index (χ1) is 10.7. The molecule has 0 bridgehead atoms. The van der Waals surface area contributed by atoms with E-state index in [1.165, 1.54) is 0 Å². The quantitative estimate of drug-likeness (QED) is 0.688. The number of benzene rings is 2. The minimum Gasteiger partial charge on any atom is -0.497 e. The Morgan fingerprint density at radius 3 is 2.55 bits per heavy atom. The summed E-state index contributed by atoms with van der Waals surface area (Å²) in [5.41, 5.74) is 0.994. The standard InChI is InChI=1S/C18H18ClNO2/c1-21-17-5-2-6-18(12-17)22-11-3-4-15(13-20)14-7-9-16(19)10-8-14/h2,5-10,12,15H,3-4,11H2,1H3. The molecule has 4 heteroatoms. The fourth-order valence-electron chi connectivity index (χ4n) is 2.17. The molecule has 0 aromatic heterocycles. The lowest BCUT2D eigenvalue weighted by Crippen LogP contribution is -2.02. The van der Waals surface area contributed by atoms with Crippen molar-refractivity contribution in [2.45, 2.75) is 18.8 Å². The normalized spacial score (nSPS) is 11.5. The summed E-state index contributed by atoms with van der Waals surface area (Å²) in [6.45, 7) is 0.568. The van der Waals surface area contributed by atoms with Gasteiger partial charge in [0.05, 0.1) is 25.7 Å². The number of ether oxygens (including phenoxy) is 2. The van der Waals surface area contributed by atoms with Gasteiger partial charge in [-0.05, 0) is 42.7 Å². The summed E-state index contributed by atoms with van der Waals surface area (Å²) in [5.74, 6) is 1.42. The van der Waals surface area contributed by atoms with Gasteiger partial charge in [-0.1, -0.05) is 29.8 Å². The zero-order valence-electron chi connectivity index (χ0n) is 12.5. The molecule has 114 valence electrons. The van der Waals surface area contributed by atoms with Crippen LogP contribution in [-0.2, 0) is 0 Å². The summed E-state index contributed by atoms with van der Waals surface area (Å²) in [5, 5.41) is 9.98. The Bertz CT molecular complexity index is 634. The molecule has 2 aromatic carbocycles. The average molecular weight is 316 g/mol. The third kappa shape index (κ3) is 4.68. The van der Waals surface area contributed by atoms with Crippen LogP contribution < -0.4 is 9.47 Å². The third-order valence-electron chi connectivity index (χ3n) is 3.38. The van der Waals surface area contributed by atoms with Crippen molar-refractivity contribution >= 4 is 11.6 Å². The Kier molecular flexibility index (Phi) is 6.12. The number of methoxy groups -OCH3 is 1. The third-order valence-corrected chi connectivity index (χ3v) is 3.63. The van der Waals surface area contributed by atoms with Crippen molar-refractivity contribution in [3.05, 3.63) is 59.1 Å². The van der Waals surface area contributed by atoms with Gasteiger partial charge in [-0.2, -0.15) is 5.26 Å². The van der Waals surface area contributed by atoms with Crippen LogP contribution in [0.4, 0.5) is 0 Å². The number of rotatable bonds is 7. The number of hydrogen-bond acceptors (Lipinski definition) is 3. The molecule has 0 N–H and O–H groups in total. The maximum atomic E-state index is 9.29. The van der Waals surface area contributed by atoms with E-state index in [-0.39, 0.29) is 5.92 Å². The topological polar surface area (TPSA) is 42.2 Å². The minimum atomic E-state index is -0.133. The molecule has 0 aliphatic rings. The van der Waals surface area contributed by atoms with Gasteiger partial charge in [-0.15, -0.1) is 0 Å². The van der Waals surface area contributed by atoms with Crippen LogP contribution in [0.2, 0.25) is 5.02 Å². The smallest absolute Gasteiger partial charge is 0.122 e. The van der Waals surface area contributed by atoms with Gasteiger partial charge >= 0.3 is 0 Å². The first-order valence-electron chi connectivity index (χ1n) is 7.15. The van der Waals surface area contributed by atoms with Gasteiger partial charge in [0.2, 0.25) is 0 Å². The Morgan fingerprint density at radius 1 is 1.14 bits per heavy atom. The van der Waals surface area contributed by atoms with Crippen LogP contribution in [0.25, 0.3) is 0 Å². The van der Waals surface area contributed by atoms with E-state index in [1.54, 1.807) is 7.11 Å². The number of hydrogen-bond donors (Lipinski definition) is 0. The van der Waals surface area contributed by atoms with Gasteiger partial charge < -0.3 is 9.47 Å². The SMILES string of the molecule is COc1cccc(OCCCC(C#N)c2ccc(Cl)cc2)c1. The van der Waals surface area contributed by atoms with Gasteiger partial charge in [0.1, 0.15) is 11.5 Å². The molecule has 22 heavy (non-hydrogen) atoms. The number of nitriles is 1. The molecule has 0 heterocycles. The fourth-order valence-corrected chi connectivity index (χ4v) is 2.30. The van der Waals surface area contributed by atoms with Crippen LogP contribution in [0.5, 0.6) is 11.5 Å². The molecule has 0 saturated carbocycles. The number of nitrogens with zero attached hydrogens (tertiary/aromatic N) is 1. The highest BCUT2D eigenvalue weighted by atomic mass is 35.5. The van der Waals surface area contributed by atoms with E-state index in [0.717, 1.165) is 29.9 Å². The van der Waals surface area contributed by atoms with E-state index in [2.05, 4.69) is 6.07 Å². The highest BCUT2D eigenvalue weighted by Gasteiger charge is 2.10. The van der Waals surface area contributed by atoms with E-state index >= 15 is 0 Å². The highest BCUT2D eigenvalue weighted by Crippen LogP contribution is 2.23. The van der Waals surface area contributed by atoms with Crippen LogP contribution in [0.3, 0.4) is 0 Å². The van der Waals surface area contributed by atoms with Crippen molar-refractivity contribution in [3.8, 4) is 17.6 Å². The second kappa shape index (κ2) is 8.31. The molecular formula is C18H18ClNO2.